The average molecular weight is 412 g/mol. The van der Waals surface area contributed by atoms with Crippen LogP contribution in [0.4, 0.5) is 10.2 Å². The molecule has 1 amide bonds. The fraction of sp³-hybridized carbons (Fsp3) is 0.522. The van der Waals surface area contributed by atoms with Gasteiger partial charge in [-0.1, -0.05) is 12.1 Å². The third-order valence-electron chi connectivity index (χ3n) is 6.11. The highest BCUT2D eigenvalue weighted by molar-refractivity contribution is 5.79. The maximum absolute atomic E-state index is 13.5. The molecule has 2 saturated heterocycles. The van der Waals surface area contributed by atoms with Gasteiger partial charge in [0.15, 0.2) is 0 Å². The SMILES string of the molecule is O=C(NCCCN1CCCC1)C1CCN(c2cc(-c3cccc(F)c3)ncn2)CC1. The lowest BCUT2D eigenvalue weighted by molar-refractivity contribution is -0.125. The third-order valence-corrected chi connectivity index (χ3v) is 6.11. The molecule has 2 aromatic rings. The summed E-state index contributed by atoms with van der Waals surface area (Å²) >= 11 is 0. The monoisotopic (exact) mass is 411 g/mol. The summed E-state index contributed by atoms with van der Waals surface area (Å²) in [5.74, 6) is 0.797. The molecule has 3 heterocycles. The zero-order chi connectivity index (χ0) is 20.8. The van der Waals surface area contributed by atoms with E-state index in [9.17, 15) is 9.18 Å². The Hall–Kier alpha value is -2.54. The molecule has 0 atom stereocenters. The van der Waals surface area contributed by atoms with E-state index >= 15 is 0 Å². The fourth-order valence-electron chi connectivity index (χ4n) is 4.36. The van der Waals surface area contributed by atoms with Crippen molar-refractivity contribution in [3.63, 3.8) is 0 Å². The number of benzene rings is 1. The molecule has 2 aliphatic heterocycles. The minimum absolute atomic E-state index is 0.0672. The highest BCUT2D eigenvalue weighted by atomic mass is 19.1. The largest absolute Gasteiger partial charge is 0.356 e. The molecule has 6 nitrogen and oxygen atoms in total. The van der Waals surface area contributed by atoms with E-state index in [0.717, 1.165) is 56.8 Å². The smallest absolute Gasteiger partial charge is 0.223 e. The van der Waals surface area contributed by atoms with Gasteiger partial charge in [0.1, 0.15) is 18.0 Å². The first kappa shape index (κ1) is 20.7. The van der Waals surface area contributed by atoms with Crippen LogP contribution < -0.4 is 10.2 Å². The van der Waals surface area contributed by atoms with Crippen molar-refractivity contribution in [1.82, 2.24) is 20.2 Å². The Morgan fingerprint density at radius 2 is 1.90 bits per heavy atom. The molecule has 0 unspecified atom stereocenters. The molecule has 0 aliphatic carbocycles. The number of aromatic nitrogens is 2. The first-order chi connectivity index (χ1) is 14.7. The van der Waals surface area contributed by atoms with E-state index in [1.54, 1.807) is 6.07 Å². The van der Waals surface area contributed by atoms with Gasteiger partial charge in [0.25, 0.3) is 0 Å². The van der Waals surface area contributed by atoms with Crippen LogP contribution in [0.1, 0.15) is 32.1 Å². The molecule has 160 valence electrons. The van der Waals surface area contributed by atoms with Crippen LogP contribution in [-0.4, -0.2) is 60.0 Å². The van der Waals surface area contributed by atoms with Crippen LogP contribution in [0.5, 0.6) is 0 Å². The van der Waals surface area contributed by atoms with Crippen molar-refractivity contribution in [3.8, 4) is 11.3 Å². The van der Waals surface area contributed by atoms with Crippen LogP contribution >= 0.6 is 0 Å². The number of amides is 1. The molecule has 0 saturated carbocycles. The minimum atomic E-state index is -0.278. The second kappa shape index (κ2) is 9.98. The molecule has 2 fully saturated rings. The highest BCUT2D eigenvalue weighted by Crippen LogP contribution is 2.25. The van der Waals surface area contributed by atoms with Crippen LogP contribution in [0.15, 0.2) is 36.7 Å². The van der Waals surface area contributed by atoms with Crippen LogP contribution in [0, 0.1) is 11.7 Å². The van der Waals surface area contributed by atoms with Crippen LogP contribution in [0.2, 0.25) is 0 Å². The molecule has 2 aliphatic rings. The number of nitrogens with one attached hydrogen (secondary N) is 1. The Kier molecular flexibility index (Phi) is 6.89. The number of halogens is 1. The van der Waals surface area contributed by atoms with Gasteiger partial charge in [0, 0.05) is 37.2 Å². The first-order valence-electron chi connectivity index (χ1n) is 11.0. The van der Waals surface area contributed by atoms with Gasteiger partial charge in [0.05, 0.1) is 5.69 Å². The van der Waals surface area contributed by atoms with Gasteiger partial charge in [-0.15, -0.1) is 0 Å². The van der Waals surface area contributed by atoms with E-state index in [-0.39, 0.29) is 17.6 Å². The number of anilines is 1. The topological polar surface area (TPSA) is 61.4 Å². The van der Waals surface area contributed by atoms with Gasteiger partial charge >= 0.3 is 0 Å². The minimum Gasteiger partial charge on any atom is -0.356 e. The van der Waals surface area contributed by atoms with Gasteiger partial charge in [-0.2, -0.15) is 0 Å². The molecule has 30 heavy (non-hydrogen) atoms. The molecule has 4 rings (SSSR count). The number of carbonyl (C=O) groups excluding carboxylic acids is 1. The zero-order valence-corrected chi connectivity index (χ0v) is 17.4. The van der Waals surface area contributed by atoms with Gasteiger partial charge in [0.2, 0.25) is 5.91 Å². The molecule has 1 N–H and O–H groups in total. The van der Waals surface area contributed by atoms with Gasteiger partial charge in [-0.05, 0) is 63.9 Å². The summed E-state index contributed by atoms with van der Waals surface area (Å²) in [6.45, 7) is 5.82. The lowest BCUT2D eigenvalue weighted by Gasteiger charge is -2.32. The van der Waals surface area contributed by atoms with Crippen molar-refractivity contribution in [2.24, 2.45) is 5.92 Å². The predicted molar refractivity (Wildman–Crippen MR) is 116 cm³/mol. The fourth-order valence-corrected chi connectivity index (χ4v) is 4.36. The molecule has 7 heteroatoms. The van der Waals surface area contributed by atoms with Crippen LogP contribution in [-0.2, 0) is 4.79 Å². The second-order valence-electron chi connectivity index (χ2n) is 8.23. The van der Waals surface area contributed by atoms with E-state index in [0.29, 0.717) is 5.69 Å². The van der Waals surface area contributed by atoms with Gasteiger partial charge in [-0.3, -0.25) is 4.79 Å². The Labute approximate surface area is 177 Å². The second-order valence-corrected chi connectivity index (χ2v) is 8.23. The summed E-state index contributed by atoms with van der Waals surface area (Å²) in [5.41, 5.74) is 1.44. The number of hydrogen-bond acceptors (Lipinski definition) is 5. The van der Waals surface area contributed by atoms with Crippen molar-refractivity contribution in [2.75, 3.05) is 44.2 Å². The maximum Gasteiger partial charge on any atom is 0.223 e. The number of likely N-dealkylation sites (tertiary alicyclic amines) is 1. The van der Waals surface area contributed by atoms with Crippen molar-refractivity contribution >= 4 is 11.7 Å². The lowest BCUT2D eigenvalue weighted by atomic mass is 9.96. The van der Waals surface area contributed by atoms with Crippen LogP contribution in [0.25, 0.3) is 11.3 Å². The van der Waals surface area contributed by atoms with E-state index in [4.69, 9.17) is 0 Å². The zero-order valence-electron chi connectivity index (χ0n) is 17.4. The third kappa shape index (κ3) is 5.33. The number of rotatable bonds is 7. The molecule has 1 aromatic heterocycles. The summed E-state index contributed by atoms with van der Waals surface area (Å²) in [7, 11) is 0. The summed E-state index contributed by atoms with van der Waals surface area (Å²) in [6.07, 6.45) is 6.79. The number of piperidine rings is 1. The van der Waals surface area contributed by atoms with Crippen molar-refractivity contribution in [3.05, 3.63) is 42.5 Å². The molecular formula is C23H30FN5O. The molecular weight excluding hydrogens is 381 g/mol. The number of carbonyl (C=O) groups is 1. The van der Waals surface area contributed by atoms with E-state index in [1.807, 2.05) is 12.1 Å². The van der Waals surface area contributed by atoms with Crippen molar-refractivity contribution in [1.29, 1.82) is 0 Å². The Morgan fingerprint density at radius 3 is 2.67 bits per heavy atom. The molecule has 1 aromatic carbocycles. The lowest BCUT2D eigenvalue weighted by Crippen LogP contribution is -2.41. The van der Waals surface area contributed by atoms with Crippen LogP contribution in [0.3, 0.4) is 0 Å². The summed E-state index contributed by atoms with van der Waals surface area (Å²) in [4.78, 5) is 25.8. The average Bonchev–Trinajstić information content (AvgIpc) is 3.30. The summed E-state index contributed by atoms with van der Waals surface area (Å²) < 4.78 is 13.5. The van der Waals surface area contributed by atoms with E-state index in [2.05, 4.69) is 25.1 Å². The molecule has 0 radical (unpaired) electrons. The van der Waals surface area contributed by atoms with Gasteiger partial charge < -0.3 is 15.1 Å². The Morgan fingerprint density at radius 1 is 1.10 bits per heavy atom. The van der Waals surface area contributed by atoms with E-state index in [1.165, 1.54) is 44.4 Å². The normalized spacial score (nSPS) is 18.0. The molecule has 0 spiro atoms. The first-order valence-corrected chi connectivity index (χ1v) is 11.0. The molecule has 0 bridgehead atoms. The number of hydrogen-bond donors (Lipinski definition) is 1. The Balaban J connectivity index is 1.25. The highest BCUT2D eigenvalue weighted by Gasteiger charge is 2.25. The summed E-state index contributed by atoms with van der Waals surface area (Å²) in [5, 5.41) is 3.12. The Bertz CT molecular complexity index is 847. The quantitative estimate of drug-likeness (QED) is 0.710. The van der Waals surface area contributed by atoms with E-state index < -0.39 is 0 Å². The van der Waals surface area contributed by atoms with Gasteiger partial charge in [-0.25, -0.2) is 14.4 Å². The van der Waals surface area contributed by atoms with Crippen molar-refractivity contribution < 1.29 is 9.18 Å². The summed E-state index contributed by atoms with van der Waals surface area (Å²) in [6, 6.07) is 8.32. The maximum atomic E-state index is 13.5. The standard InChI is InChI=1S/C23H30FN5O/c24-20-6-3-5-19(15-20)21-16-22(27-17-26-21)29-13-7-18(8-14-29)23(30)25-9-4-12-28-10-1-2-11-28/h3,5-6,15-18H,1-2,4,7-14H2,(H,25,30). The predicted octanol–water partition coefficient (Wildman–Crippen LogP) is 3.10. The van der Waals surface area contributed by atoms with Crippen molar-refractivity contribution in [2.45, 2.75) is 32.1 Å². The number of nitrogens with zero attached hydrogens (tertiary/aromatic N) is 4.